The molecule has 0 aromatic heterocycles. The number of rotatable bonds is 6. The maximum atomic E-state index is 10.9. The molecule has 0 aromatic carbocycles. The summed E-state index contributed by atoms with van der Waals surface area (Å²) in [5.74, 6) is -0.903. The van der Waals surface area contributed by atoms with E-state index < -0.39 is 11.5 Å². The van der Waals surface area contributed by atoms with E-state index in [2.05, 4.69) is 11.9 Å². The predicted molar refractivity (Wildman–Crippen MR) is 73.6 cm³/mol. The molecule has 1 aliphatic carbocycles. The maximum Gasteiger partial charge on any atom is 0.323 e. The highest BCUT2D eigenvalue weighted by Gasteiger charge is 2.27. The largest absolute Gasteiger partial charge is 0.480 e. The van der Waals surface area contributed by atoms with Gasteiger partial charge in [0.2, 0.25) is 0 Å². The summed E-state index contributed by atoms with van der Waals surface area (Å²) in [6.07, 6.45) is 9.36. The molecular weight excluding hydrogens is 228 g/mol. The molecule has 4 heteroatoms. The van der Waals surface area contributed by atoms with Crippen LogP contribution in [0.3, 0.4) is 0 Å². The van der Waals surface area contributed by atoms with Crippen molar-refractivity contribution in [1.82, 2.24) is 4.90 Å². The minimum Gasteiger partial charge on any atom is -0.480 e. The minimum atomic E-state index is -1.08. The van der Waals surface area contributed by atoms with Crippen molar-refractivity contribution in [2.75, 3.05) is 13.6 Å². The monoisotopic (exact) mass is 256 g/mol. The summed E-state index contributed by atoms with van der Waals surface area (Å²) in [6, 6.07) is 0.682. The van der Waals surface area contributed by atoms with Gasteiger partial charge in [-0.15, -0.1) is 0 Å². The average Bonchev–Trinajstić information content (AvgIpc) is 2.56. The molecule has 106 valence electrons. The first-order valence-corrected chi connectivity index (χ1v) is 7.16. The van der Waals surface area contributed by atoms with Gasteiger partial charge in [-0.1, -0.05) is 25.7 Å². The molecule has 0 aliphatic heterocycles. The smallest absolute Gasteiger partial charge is 0.323 e. The van der Waals surface area contributed by atoms with E-state index in [4.69, 9.17) is 10.8 Å². The van der Waals surface area contributed by atoms with E-state index in [0.29, 0.717) is 12.5 Å². The van der Waals surface area contributed by atoms with Crippen LogP contribution in [0, 0.1) is 0 Å². The molecule has 0 saturated heterocycles. The Bertz CT molecular complexity index is 259. The Labute approximate surface area is 111 Å². The number of carboxylic acid groups (broad SMARTS) is 1. The summed E-state index contributed by atoms with van der Waals surface area (Å²) < 4.78 is 0. The van der Waals surface area contributed by atoms with Gasteiger partial charge in [0.25, 0.3) is 0 Å². The summed E-state index contributed by atoms with van der Waals surface area (Å²) >= 11 is 0. The molecule has 0 heterocycles. The van der Waals surface area contributed by atoms with E-state index in [1.807, 2.05) is 0 Å². The Kier molecular flexibility index (Phi) is 6.09. The SMILES string of the molecule is CN(CCCC(C)(N)C(=O)O)C1CCCCCC1. The number of hydrogen-bond donors (Lipinski definition) is 2. The Balaban J connectivity index is 2.27. The van der Waals surface area contributed by atoms with Crippen LogP contribution in [0.5, 0.6) is 0 Å². The Hall–Kier alpha value is -0.610. The van der Waals surface area contributed by atoms with Gasteiger partial charge in [0.15, 0.2) is 0 Å². The summed E-state index contributed by atoms with van der Waals surface area (Å²) in [4.78, 5) is 13.3. The Morgan fingerprint density at radius 1 is 1.33 bits per heavy atom. The molecule has 1 fully saturated rings. The molecular formula is C14H28N2O2. The maximum absolute atomic E-state index is 10.9. The zero-order valence-electron chi connectivity index (χ0n) is 11.8. The molecule has 3 N–H and O–H groups in total. The summed E-state index contributed by atoms with van der Waals surface area (Å²) in [6.45, 7) is 2.55. The lowest BCUT2D eigenvalue weighted by atomic mass is 9.97. The third-order valence-electron chi connectivity index (χ3n) is 4.14. The van der Waals surface area contributed by atoms with Crippen molar-refractivity contribution in [2.24, 2.45) is 5.73 Å². The molecule has 1 atom stereocenters. The molecule has 1 unspecified atom stereocenters. The van der Waals surface area contributed by atoms with Crippen LogP contribution in [0.2, 0.25) is 0 Å². The van der Waals surface area contributed by atoms with Crippen LogP contribution in [-0.2, 0) is 4.79 Å². The second kappa shape index (κ2) is 7.10. The van der Waals surface area contributed by atoms with Gasteiger partial charge in [-0.2, -0.15) is 0 Å². The van der Waals surface area contributed by atoms with Crippen LogP contribution >= 0.6 is 0 Å². The van der Waals surface area contributed by atoms with Gasteiger partial charge >= 0.3 is 5.97 Å². The molecule has 4 nitrogen and oxygen atoms in total. The third kappa shape index (κ3) is 4.94. The first-order chi connectivity index (χ1) is 8.43. The minimum absolute atomic E-state index is 0.541. The van der Waals surface area contributed by atoms with E-state index in [9.17, 15) is 4.79 Å². The lowest BCUT2D eigenvalue weighted by Gasteiger charge is -2.28. The van der Waals surface area contributed by atoms with Gasteiger partial charge in [-0.05, 0) is 46.2 Å². The highest BCUT2D eigenvalue weighted by atomic mass is 16.4. The van der Waals surface area contributed by atoms with Gasteiger partial charge < -0.3 is 15.7 Å². The van der Waals surface area contributed by atoms with Gasteiger partial charge in [0.1, 0.15) is 5.54 Å². The summed E-state index contributed by atoms with van der Waals surface area (Å²) in [5, 5.41) is 8.95. The standard InChI is InChI=1S/C14H28N2O2/c1-14(15,13(17)18)10-7-11-16(2)12-8-5-3-4-6-9-12/h12H,3-11,15H2,1-2H3,(H,17,18). The summed E-state index contributed by atoms with van der Waals surface area (Å²) in [7, 11) is 2.16. The average molecular weight is 256 g/mol. The van der Waals surface area contributed by atoms with Crippen LogP contribution in [-0.4, -0.2) is 41.1 Å². The van der Waals surface area contributed by atoms with Crippen molar-refractivity contribution in [1.29, 1.82) is 0 Å². The zero-order valence-corrected chi connectivity index (χ0v) is 11.8. The van der Waals surface area contributed by atoms with Crippen molar-refractivity contribution in [3.63, 3.8) is 0 Å². The normalized spacial score (nSPS) is 21.6. The highest BCUT2D eigenvalue weighted by Crippen LogP contribution is 2.21. The lowest BCUT2D eigenvalue weighted by Crippen LogP contribution is -2.45. The molecule has 1 saturated carbocycles. The van der Waals surface area contributed by atoms with Crippen molar-refractivity contribution in [3.05, 3.63) is 0 Å². The van der Waals surface area contributed by atoms with Gasteiger partial charge in [0, 0.05) is 6.04 Å². The van der Waals surface area contributed by atoms with Crippen molar-refractivity contribution in [3.8, 4) is 0 Å². The number of carboxylic acids is 1. The van der Waals surface area contributed by atoms with E-state index in [0.717, 1.165) is 13.0 Å². The molecule has 0 amide bonds. The first kappa shape index (κ1) is 15.4. The number of carbonyl (C=O) groups is 1. The topological polar surface area (TPSA) is 66.6 Å². The number of nitrogens with two attached hydrogens (primary N) is 1. The number of aliphatic carboxylic acids is 1. The molecule has 1 rings (SSSR count). The van der Waals surface area contributed by atoms with E-state index in [-0.39, 0.29) is 0 Å². The fourth-order valence-electron chi connectivity index (χ4n) is 2.68. The molecule has 0 aromatic rings. The van der Waals surface area contributed by atoms with E-state index in [1.54, 1.807) is 6.92 Å². The molecule has 0 spiro atoms. The van der Waals surface area contributed by atoms with Crippen LogP contribution < -0.4 is 5.73 Å². The van der Waals surface area contributed by atoms with E-state index >= 15 is 0 Å². The van der Waals surface area contributed by atoms with Crippen LogP contribution in [0.15, 0.2) is 0 Å². The lowest BCUT2D eigenvalue weighted by molar-refractivity contribution is -0.142. The molecule has 0 radical (unpaired) electrons. The van der Waals surface area contributed by atoms with Crippen LogP contribution in [0.4, 0.5) is 0 Å². The van der Waals surface area contributed by atoms with Crippen LogP contribution in [0.1, 0.15) is 58.3 Å². The fourth-order valence-corrected chi connectivity index (χ4v) is 2.68. The second-order valence-electron chi connectivity index (χ2n) is 5.95. The highest BCUT2D eigenvalue weighted by molar-refractivity contribution is 5.77. The predicted octanol–water partition coefficient (Wildman–Crippen LogP) is 2.22. The molecule has 1 aliphatic rings. The van der Waals surface area contributed by atoms with Gasteiger partial charge in [-0.3, -0.25) is 4.79 Å². The Morgan fingerprint density at radius 2 is 1.89 bits per heavy atom. The quantitative estimate of drug-likeness (QED) is 0.715. The fraction of sp³-hybridized carbons (Fsp3) is 0.929. The number of hydrogen-bond acceptors (Lipinski definition) is 3. The van der Waals surface area contributed by atoms with Crippen molar-refractivity contribution >= 4 is 5.97 Å². The van der Waals surface area contributed by atoms with Crippen molar-refractivity contribution < 1.29 is 9.90 Å². The Morgan fingerprint density at radius 3 is 2.39 bits per heavy atom. The van der Waals surface area contributed by atoms with Crippen molar-refractivity contribution in [2.45, 2.75) is 69.9 Å². The first-order valence-electron chi connectivity index (χ1n) is 7.16. The van der Waals surface area contributed by atoms with Gasteiger partial charge in [0.05, 0.1) is 0 Å². The van der Waals surface area contributed by atoms with E-state index in [1.165, 1.54) is 38.5 Å². The second-order valence-corrected chi connectivity index (χ2v) is 5.95. The molecule has 0 bridgehead atoms. The summed E-state index contributed by atoms with van der Waals surface area (Å²) in [5.41, 5.74) is 4.65. The van der Waals surface area contributed by atoms with Gasteiger partial charge in [-0.25, -0.2) is 0 Å². The van der Waals surface area contributed by atoms with Crippen LogP contribution in [0.25, 0.3) is 0 Å². The molecule has 18 heavy (non-hydrogen) atoms. The third-order valence-corrected chi connectivity index (χ3v) is 4.14. The zero-order chi connectivity index (χ0) is 13.6. The number of nitrogens with zero attached hydrogens (tertiary/aromatic N) is 1.